The van der Waals surface area contributed by atoms with Crippen molar-refractivity contribution in [2.75, 3.05) is 25.8 Å². The smallest absolute Gasteiger partial charge is 0.325 e. The van der Waals surface area contributed by atoms with Gasteiger partial charge in [-0.1, -0.05) is 82.0 Å². The Kier molecular flexibility index (Phi) is 15.9. The lowest BCUT2D eigenvalue weighted by Crippen LogP contribution is -2.51. The van der Waals surface area contributed by atoms with E-state index in [1.807, 2.05) is 50.2 Å². The van der Waals surface area contributed by atoms with Crippen molar-refractivity contribution in [3.8, 4) is 0 Å². The number of hydrogen-bond acceptors (Lipinski definition) is 5. The molecule has 14 heteroatoms. The van der Waals surface area contributed by atoms with Gasteiger partial charge in [-0.3, -0.25) is 14.8 Å². The van der Waals surface area contributed by atoms with Crippen molar-refractivity contribution in [2.24, 2.45) is 11.7 Å². The van der Waals surface area contributed by atoms with Gasteiger partial charge in [0.25, 0.3) is 0 Å². The Morgan fingerprint density at radius 3 is 2.28 bits per heavy atom. The predicted octanol–water partition coefficient (Wildman–Crippen LogP) is 4.87. The molecule has 0 bridgehead atoms. The molecule has 1 aliphatic rings. The summed E-state index contributed by atoms with van der Waals surface area (Å²) in [6, 6.07) is 15.8. The van der Waals surface area contributed by atoms with Crippen molar-refractivity contribution in [1.29, 1.82) is 5.41 Å². The highest BCUT2D eigenvalue weighted by molar-refractivity contribution is 8.93. The van der Waals surface area contributed by atoms with E-state index in [4.69, 9.17) is 20.9 Å². The first-order chi connectivity index (χ1) is 21.2. The maximum absolute atomic E-state index is 13.7. The quantitative estimate of drug-likeness (QED) is 0.0574. The van der Waals surface area contributed by atoms with Crippen LogP contribution in [0, 0.1) is 11.3 Å². The average molecular weight is 745 g/mol. The molecule has 0 spiro atoms. The van der Waals surface area contributed by atoms with Crippen LogP contribution >= 0.6 is 24.6 Å². The molecule has 3 rings (SSSR count). The largest absolute Gasteiger partial charge is 0.370 e. The fourth-order valence-corrected chi connectivity index (χ4v) is 7.76. The van der Waals surface area contributed by atoms with Crippen LogP contribution in [0.4, 0.5) is 0 Å². The van der Waals surface area contributed by atoms with Gasteiger partial charge in [-0.05, 0) is 61.3 Å². The summed E-state index contributed by atoms with van der Waals surface area (Å²) >= 11 is 0. The number of guanidine groups is 1. The molecule has 0 radical (unpaired) electrons. The highest BCUT2D eigenvalue weighted by Crippen LogP contribution is 2.36. The zero-order chi connectivity index (χ0) is 33.1. The van der Waals surface area contributed by atoms with E-state index in [-0.39, 0.29) is 46.3 Å². The SMILES string of the molecule is Br.CC(C)(c1ccccc1)c1cccc(S(=O)(=O)N[C@@H](CCCNC(=N)N)C(=O)N2CCC(CCCCCCP(=O)(O)O)CC2)c1. The molecule has 258 valence electrons. The molecule has 1 aliphatic heterocycles. The third kappa shape index (κ3) is 12.7. The van der Waals surface area contributed by atoms with Gasteiger partial charge in [0.15, 0.2) is 5.96 Å². The van der Waals surface area contributed by atoms with Crippen LogP contribution in [0.25, 0.3) is 0 Å². The first-order valence-corrected chi connectivity index (χ1v) is 19.1. The highest BCUT2D eigenvalue weighted by atomic mass is 79.9. The Bertz CT molecular complexity index is 1420. The number of likely N-dealkylation sites (tertiary alicyclic amines) is 1. The van der Waals surface area contributed by atoms with Crippen LogP contribution in [0.3, 0.4) is 0 Å². The van der Waals surface area contributed by atoms with Crippen LogP contribution in [0.15, 0.2) is 59.5 Å². The lowest BCUT2D eigenvalue weighted by atomic mass is 9.78. The predicted molar refractivity (Wildman–Crippen MR) is 188 cm³/mol. The van der Waals surface area contributed by atoms with Crippen molar-refractivity contribution in [1.82, 2.24) is 14.9 Å². The molecule has 1 amide bonds. The number of unbranched alkanes of at least 4 members (excludes halogenated alkanes) is 3. The lowest BCUT2D eigenvalue weighted by Gasteiger charge is -2.34. The van der Waals surface area contributed by atoms with Gasteiger partial charge in [-0.2, -0.15) is 4.72 Å². The third-order valence-electron chi connectivity index (χ3n) is 8.68. The number of carbonyl (C=O) groups excluding carboxylic acids is 1. The van der Waals surface area contributed by atoms with Gasteiger partial charge < -0.3 is 25.7 Å². The summed E-state index contributed by atoms with van der Waals surface area (Å²) in [6.07, 6.45) is 6.49. The fraction of sp³-hybridized carbons (Fsp3) is 0.562. The van der Waals surface area contributed by atoms with Crippen LogP contribution in [0.1, 0.15) is 82.8 Å². The summed E-state index contributed by atoms with van der Waals surface area (Å²) in [4.78, 5) is 33.5. The first kappa shape index (κ1) is 39.9. The maximum atomic E-state index is 13.7. The van der Waals surface area contributed by atoms with E-state index in [0.717, 1.165) is 49.7 Å². The maximum Gasteiger partial charge on any atom is 0.325 e. The van der Waals surface area contributed by atoms with Crippen molar-refractivity contribution in [3.63, 3.8) is 0 Å². The molecular formula is C32H51BrN5O6PS. The van der Waals surface area contributed by atoms with Crippen LogP contribution in [0.2, 0.25) is 0 Å². The fourth-order valence-electron chi connectivity index (χ4n) is 5.86. The van der Waals surface area contributed by atoms with Crippen LogP contribution in [0.5, 0.6) is 0 Å². The first-order valence-electron chi connectivity index (χ1n) is 15.8. The minimum atomic E-state index is -4.04. The minimum Gasteiger partial charge on any atom is -0.370 e. The summed E-state index contributed by atoms with van der Waals surface area (Å²) < 4.78 is 41.1. The number of nitrogens with two attached hydrogens (primary N) is 1. The normalized spacial score (nSPS) is 15.2. The number of halogens is 1. The zero-order valence-electron chi connectivity index (χ0n) is 26.9. The third-order valence-corrected chi connectivity index (χ3v) is 11.0. The topological polar surface area (TPSA) is 186 Å². The molecule has 1 saturated heterocycles. The number of benzene rings is 2. The van der Waals surface area contributed by atoms with Crippen LogP contribution < -0.4 is 15.8 Å². The number of rotatable bonds is 17. The van der Waals surface area contributed by atoms with E-state index in [0.29, 0.717) is 38.4 Å². The summed E-state index contributed by atoms with van der Waals surface area (Å²) in [5, 5.41) is 10.1. The number of nitrogens with one attached hydrogen (secondary N) is 3. The molecule has 11 nitrogen and oxygen atoms in total. The van der Waals surface area contributed by atoms with Crippen molar-refractivity contribution in [3.05, 3.63) is 65.7 Å². The van der Waals surface area contributed by atoms with E-state index in [1.165, 1.54) is 0 Å². The summed E-state index contributed by atoms with van der Waals surface area (Å²) in [7, 11) is -7.96. The molecule has 7 N–H and O–H groups in total. The van der Waals surface area contributed by atoms with Gasteiger partial charge in [-0.25, -0.2) is 8.42 Å². The average Bonchev–Trinajstić information content (AvgIpc) is 3.00. The number of carbonyl (C=O) groups is 1. The van der Waals surface area contributed by atoms with E-state index in [9.17, 15) is 17.8 Å². The van der Waals surface area contributed by atoms with E-state index in [1.54, 1.807) is 23.1 Å². The standard InChI is InChI=1S/C32H50N5O6PS.BrH/c1-32(2,26-13-7-5-8-14-26)27-15-10-16-28(24-27)45(42,43)36-29(17-11-20-35-31(33)34)30(38)37-21-18-25(19-22-37)12-6-3-4-9-23-44(39,40)41;/h5,7-8,10,13-16,24-25,29,36H,3-4,6,9,11-12,17-23H2,1-2H3,(H4,33,34,35)(H2,39,40,41);1H/t29-;/m0./s1. The molecule has 0 aromatic heterocycles. The Labute approximate surface area is 284 Å². The van der Waals surface area contributed by atoms with Crippen molar-refractivity contribution in [2.45, 2.75) is 88.0 Å². The second-order valence-electron chi connectivity index (χ2n) is 12.5. The summed E-state index contributed by atoms with van der Waals surface area (Å²) in [5.74, 6) is 0.0275. The van der Waals surface area contributed by atoms with Gasteiger partial charge in [0.2, 0.25) is 15.9 Å². The molecule has 46 heavy (non-hydrogen) atoms. The molecule has 0 aliphatic carbocycles. The number of nitrogens with zero attached hydrogens (tertiary/aromatic N) is 1. The highest BCUT2D eigenvalue weighted by Gasteiger charge is 2.32. The van der Waals surface area contributed by atoms with Crippen LogP contribution in [-0.2, 0) is 24.8 Å². The number of hydrogen-bond donors (Lipinski definition) is 6. The van der Waals surface area contributed by atoms with Crippen molar-refractivity contribution >= 4 is 46.5 Å². The molecule has 0 unspecified atom stereocenters. The van der Waals surface area contributed by atoms with Gasteiger partial charge in [0.05, 0.1) is 4.90 Å². The Hall–Kier alpha value is -2.28. The van der Waals surface area contributed by atoms with Crippen molar-refractivity contribution < 1.29 is 27.6 Å². The molecule has 0 saturated carbocycles. The van der Waals surface area contributed by atoms with E-state index < -0.39 is 29.1 Å². The Morgan fingerprint density at radius 1 is 1.02 bits per heavy atom. The van der Waals surface area contributed by atoms with Crippen LogP contribution in [-0.4, -0.2) is 66.8 Å². The number of amides is 1. The van der Waals surface area contributed by atoms with Gasteiger partial charge >= 0.3 is 7.60 Å². The molecule has 1 heterocycles. The van der Waals surface area contributed by atoms with E-state index in [2.05, 4.69) is 10.0 Å². The molecule has 2 aromatic rings. The lowest BCUT2D eigenvalue weighted by molar-refractivity contribution is -0.134. The minimum absolute atomic E-state index is 0. The monoisotopic (exact) mass is 743 g/mol. The number of piperidine rings is 1. The molecular weight excluding hydrogens is 693 g/mol. The Morgan fingerprint density at radius 2 is 1.65 bits per heavy atom. The van der Waals surface area contributed by atoms with Gasteiger partial charge in [0.1, 0.15) is 6.04 Å². The molecule has 2 aromatic carbocycles. The van der Waals surface area contributed by atoms with Gasteiger partial charge in [-0.15, -0.1) is 17.0 Å². The molecule has 1 fully saturated rings. The Balaban J connectivity index is 0.00000736. The number of sulfonamides is 1. The second kappa shape index (κ2) is 18.3. The van der Waals surface area contributed by atoms with Gasteiger partial charge in [0, 0.05) is 31.2 Å². The summed E-state index contributed by atoms with van der Waals surface area (Å²) in [5.41, 5.74) is 6.86. The second-order valence-corrected chi connectivity index (χ2v) is 16.0. The summed E-state index contributed by atoms with van der Waals surface area (Å²) in [6.45, 7) is 5.54. The molecule has 1 atom stereocenters. The van der Waals surface area contributed by atoms with E-state index >= 15 is 0 Å². The zero-order valence-corrected chi connectivity index (χ0v) is 30.3.